The topological polar surface area (TPSA) is 38.7 Å². The highest BCUT2D eigenvalue weighted by molar-refractivity contribution is 4.77. The zero-order valence-electron chi connectivity index (χ0n) is 9.58. The minimum Gasteiger partial charge on any atom is -0.375 e. The average molecular weight is 214 g/mol. The number of hydrogen-bond acceptors (Lipinski definition) is 3. The summed E-state index contributed by atoms with van der Waals surface area (Å²) in [7, 11) is 0. The lowest BCUT2D eigenvalue weighted by Crippen LogP contribution is -2.35. The van der Waals surface area contributed by atoms with Crippen LogP contribution < -0.4 is 0 Å². The van der Waals surface area contributed by atoms with Gasteiger partial charge in [-0.2, -0.15) is 0 Å². The molecule has 0 heterocycles. The Labute approximate surface area is 92.1 Å². The number of ether oxygens (including phenoxy) is 2. The van der Waals surface area contributed by atoms with Crippen molar-refractivity contribution < 1.29 is 14.6 Å². The first kappa shape index (κ1) is 12.7. The van der Waals surface area contributed by atoms with E-state index >= 15 is 0 Å². The van der Waals surface area contributed by atoms with Gasteiger partial charge in [-0.25, -0.2) is 0 Å². The van der Waals surface area contributed by atoms with Crippen LogP contribution in [0.15, 0.2) is 12.7 Å². The first-order chi connectivity index (χ1) is 7.20. The van der Waals surface area contributed by atoms with Crippen molar-refractivity contribution in [2.45, 2.75) is 50.9 Å². The van der Waals surface area contributed by atoms with Crippen LogP contribution >= 0.6 is 0 Å². The molecule has 1 aliphatic carbocycles. The summed E-state index contributed by atoms with van der Waals surface area (Å²) in [5.74, 6) is -0.891. The maximum Gasteiger partial charge on any atom is 0.165 e. The van der Waals surface area contributed by atoms with E-state index in [0.29, 0.717) is 13.2 Å². The standard InChI is InChI=1S/C12H22O3/c1-3-9-14-10-11(4-2)15-12(13)7-5-6-8-12/h3,11,13H,1,4-10H2,2H3. The van der Waals surface area contributed by atoms with Gasteiger partial charge in [0.25, 0.3) is 0 Å². The lowest BCUT2D eigenvalue weighted by Gasteiger charge is -2.28. The maximum absolute atomic E-state index is 10.1. The smallest absolute Gasteiger partial charge is 0.165 e. The molecule has 3 heteroatoms. The van der Waals surface area contributed by atoms with E-state index in [2.05, 4.69) is 6.58 Å². The molecule has 1 aliphatic rings. The lowest BCUT2D eigenvalue weighted by molar-refractivity contribution is -0.233. The molecular weight excluding hydrogens is 192 g/mol. The largest absolute Gasteiger partial charge is 0.375 e. The van der Waals surface area contributed by atoms with Gasteiger partial charge in [-0.3, -0.25) is 0 Å². The fourth-order valence-corrected chi connectivity index (χ4v) is 1.87. The van der Waals surface area contributed by atoms with Gasteiger partial charge in [0, 0.05) is 12.8 Å². The number of hydrogen-bond donors (Lipinski definition) is 1. The van der Waals surface area contributed by atoms with Crippen LogP contribution in [0.5, 0.6) is 0 Å². The van der Waals surface area contributed by atoms with Gasteiger partial charge >= 0.3 is 0 Å². The van der Waals surface area contributed by atoms with Crippen LogP contribution in [-0.2, 0) is 9.47 Å². The highest BCUT2D eigenvalue weighted by Crippen LogP contribution is 2.31. The van der Waals surface area contributed by atoms with Crippen LogP contribution in [0.25, 0.3) is 0 Å². The Morgan fingerprint density at radius 3 is 2.67 bits per heavy atom. The molecule has 1 N–H and O–H groups in total. The van der Waals surface area contributed by atoms with Gasteiger partial charge in [-0.05, 0) is 19.3 Å². The normalized spacial score (nSPS) is 21.5. The molecule has 0 bridgehead atoms. The molecule has 88 valence electrons. The van der Waals surface area contributed by atoms with Gasteiger partial charge in [0.05, 0.1) is 19.3 Å². The molecule has 0 saturated heterocycles. The Morgan fingerprint density at radius 1 is 1.47 bits per heavy atom. The molecule has 0 aromatic heterocycles. The van der Waals surface area contributed by atoms with E-state index in [4.69, 9.17) is 9.47 Å². The number of aliphatic hydroxyl groups is 1. The average Bonchev–Trinajstić information content (AvgIpc) is 2.64. The third-order valence-corrected chi connectivity index (χ3v) is 2.77. The lowest BCUT2D eigenvalue weighted by atomic mass is 10.2. The van der Waals surface area contributed by atoms with Crippen molar-refractivity contribution in [3.8, 4) is 0 Å². The molecule has 0 aromatic rings. The predicted molar refractivity (Wildman–Crippen MR) is 59.6 cm³/mol. The SMILES string of the molecule is C=CCOCC(CC)OC1(O)CCCC1. The summed E-state index contributed by atoms with van der Waals surface area (Å²) in [5.41, 5.74) is 0. The summed E-state index contributed by atoms with van der Waals surface area (Å²) in [4.78, 5) is 0. The zero-order chi connectivity index (χ0) is 11.1. The fourth-order valence-electron chi connectivity index (χ4n) is 1.87. The Kier molecular flexibility index (Phi) is 5.29. The molecule has 0 aromatic carbocycles. The van der Waals surface area contributed by atoms with Crippen LogP contribution in [-0.4, -0.2) is 30.2 Å². The van der Waals surface area contributed by atoms with Gasteiger partial charge in [-0.15, -0.1) is 6.58 Å². The van der Waals surface area contributed by atoms with Crippen LogP contribution in [0.4, 0.5) is 0 Å². The summed E-state index contributed by atoms with van der Waals surface area (Å²) in [6.07, 6.45) is 6.20. The first-order valence-electron chi connectivity index (χ1n) is 5.79. The van der Waals surface area contributed by atoms with Crippen molar-refractivity contribution in [2.24, 2.45) is 0 Å². The van der Waals surface area contributed by atoms with Crippen molar-refractivity contribution in [3.63, 3.8) is 0 Å². The van der Waals surface area contributed by atoms with Crippen molar-refractivity contribution >= 4 is 0 Å². The second-order valence-corrected chi connectivity index (χ2v) is 4.13. The molecule has 15 heavy (non-hydrogen) atoms. The third kappa shape index (κ3) is 4.33. The van der Waals surface area contributed by atoms with Crippen molar-refractivity contribution in [3.05, 3.63) is 12.7 Å². The predicted octanol–water partition coefficient (Wildman–Crippen LogP) is 2.25. The Hall–Kier alpha value is -0.380. The summed E-state index contributed by atoms with van der Waals surface area (Å²) >= 11 is 0. The Bertz CT molecular complexity index is 185. The molecule has 1 unspecified atom stereocenters. The quantitative estimate of drug-likeness (QED) is 0.401. The summed E-state index contributed by atoms with van der Waals surface area (Å²) < 4.78 is 11.0. The Morgan fingerprint density at radius 2 is 2.13 bits per heavy atom. The van der Waals surface area contributed by atoms with Gasteiger partial charge < -0.3 is 14.6 Å². The summed E-state index contributed by atoms with van der Waals surface area (Å²) in [6, 6.07) is 0. The van der Waals surface area contributed by atoms with Gasteiger partial charge in [0.1, 0.15) is 0 Å². The van der Waals surface area contributed by atoms with Gasteiger partial charge in [0.15, 0.2) is 5.79 Å². The summed E-state index contributed by atoms with van der Waals surface area (Å²) in [6.45, 7) is 6.70. The minimum absolute atomic E-state index is 0.00644. The van der Waals surface area contributed by atoms with Crippen LogP contribution in [0, 0.1) is 0 Å². The van der Waals surface area contributed by atoms with Crippen LogP contribution in [0.3, 0.4) is 0 Å². The fraction of sp³-hybridized carbons (Fsp3) is 0.833. The third-order valence-electron chi connectivity index (χ3n) is 2.77. The molecule has 1 fully saturated rings. The van der Waals surface area contributed by atoms with E-state index < -0.39 is 5.79 Å². The molecular formula is C12H22O3. The van der Waals surface area contributed by atoms with Crippen molar-refractivity contribution in [1.29, 1.82) is 0 Å². The molecule has 0 amide bonds. The molecule has 0 spiro atoms. The molecule has 3 nitrogen and oxygen atoms in total. The summed E-state index contributed by atoms with van der Waals surface area (Å²) in [5, 5.41) is 10.1. The Balaban J connectivity index is 2.28. The molecule has 1 atom stereocenters. The van der Waals surface area contributed by atoms with E-state index in [-0.39, 0.29) is 6.10 Å². The minimum atomic E-state index is -0.891. The van der Waals surface area contributed by atoms with Crippen LogP contribution in [0.2, 0.25) is 0 Å². The number of rotatable bonds is 7. The zero-order valence-corrected chi connectivity index (χ0v) is 9.58. The molecule has 1 saturated carbocycles. The van der Waals surface area contributed by atoms with E-state index in [9.17, 15) is 5.11 Å². The first-order valence-corrected chi connectivity index (χ1v) is 5.79. The molecule has 1 rings (SSSR count). The second kappa shape index (κ2) is 6.26. The van der Waals surface area contributed by atoms with Crippen molar-refractivity contribution in [1.82, 2.24) is 0 Å². The van der Waals surface area contributed by atoms with E-state index in [1.165, 1.54) is 0 Å². The molecule has 0 radical (unpaired) electrons. The highest BCUT2D eigenvalue weighted by Gasteiger charge is 2.34. The monoisotopic (exact) mass is 214 g/mol. The van der Waals surface area contributed by atoms with E-state index in [0.717, 1.165) is 32.1 Å². The van der Waals surface area contributed by atoms with Crippen molar-refractivity contribution in [2.75, 3.05) is 13.2 Å². The van der Waals surface area contributed by atoms with Gasteiger partial charge in [-0.1, -0.05) is 13.0 Å². The highest BCUT2D eigenvalue weighted by atomic mass is 16.6. The molecule has 0 aliphatic heterocycles. The second-order valence-electron chi connectivity index (χ2n) is 4.13. The van der Waals surface area contributed by atoms with Gasteiger partial charge in [0.2, 0.25) is 0 Å². The van der Waals surface area contributed by atoms with E-state index in [1.807, 2.05) is 6.92 Å². The van der Waals surface area contributed by atoms with E-state index in [1.54, 1.807) is 6.08 Å². The van der Waals surface area contributed by atoms with Crippen LogP contribution in [0.1, 0.15) is 39.0 Å². The maximum atomic E-state index is 10.1.